The number of nitrogens with two attached hydrogens (primary N) is 1. The third-order valence-corrected chi connectivity index (χ3v) is 4.72. The van der Waals surface area contributed by atoms with Gasteiger partial charge in [-0.2, -0.15) is 5.11 Å². The number of nitrogens with zero attached hydrogens (tertiary/aromatic N) is 2. The van der Waals surface area contributed by atoms with Gasteiger partial charge in [0.1, 0.15) is 11.4 Å². The molecule has 0 saturated carbocycles. The van der Waals surface area contributed by atoms with Crippen LogP contribution >= 0.6 is 0 Å². The summed E-state index contributed by atoms with van der Waals surface area (Å²) in [6.45, 7) is 0. The van der Waals surface area contributed by atoms with Gasteiger partial charge in [0.2, 0.25) is 0 Å². The van der Waals surface area contributed by atoms with Crippen molar-refractivity contribution in [3.63, 3.8) is 0 Å². The van der Waals surface area contributed by atoms with Crippen LogP contribution in [0.3, 0.4) is 0 Å². The molecule has 0 bridgehead atoms. The number of fused-ring (bicyclic) bond motifs is 1. The zero-order valence-electron chi connectivity index (χ0n) is 15.6. The minimum atomic E-state index is -0.122. The molecule has 0 fully saturated rings. The molecule has 3 aromatic carbocycles. The summed E-state index contributed by atoms with van der Waals surface area (Å²) in [7, 11) is 1.66. The minimum absolute atomic E-state index is 0.122. The van der Waals surface area contributed by atoms with Crippen LogP contribution in [-0.2, 0) is 0 Å². The quantitative estimate of drug-likeness (QED) is 0.582. The van der Waals surface area contributed by atoms with Gasteiger partial charge in [0, 0.05) is 17.2 Å². The monoisotopic (exact) mass is 367 g/mol. The van der Waals surface area contributed by atoms with E-state index in [9.17, 15) is 0 Å². The maximum atomic E-state index is 6.27. The normalized spacial score (nSPS) is 17.4. The molecule has 4 nitrogen and oxygen atoms in total. The van der Waals surface area contributed by atoms with Crippen molar-refractivity contribution in [1.29, 1.82) is 0 Å². The van der Waals surface area contributed by atoms with E-state index < -0.39 is 0 Å². The molecule has 0 amide bonds. The van der Waals surface area contributed by atoms with Crippen LogP contribution in [0, 0.1) is 0 Å². The fourth-order valence-electron chi connectivity index (χ4n) is 3.25. The van der Waals surface area contributed by atoms with Gasteiger partial charge in [0.05, 0.1) is 12.8 Å². The SMILES string of the molecule is COc1ccc(C(N=Nc2ccccc2)=C2C=CC(N)c3ccccc32)cc1. The van der Waals surface area contributed by atoms with Gasteiger partial charge in [-0.25, -0.2) is 0 Å². The Labute approximate surface area is 164 Å². The Kier molecular flexibility index (Phi) is 5.13. The minimum Gasteiger partial charge on any atom is -0.497 e. The highest BCUT2D eigenvalue weighted by atomic mass is 16.5. The molecule has 0 heterocycles. The lowest BCUT2D eigenvalue weighted by Crippen LogP contribution is -2.13. The Bertz CT molecular complexity index is 1050. The number of allylic oxidation sites excluding steroid dienone is 2. The van der Waals surface area contributed by atoms with Crippen molar-refractivity contribution in [2.24, 2.45) is 16.0 Å². The van der Waals surface area contributed by atoms with Crippen LogP contribution in [0.2, 0.25) is 0 Å². The van der Waals surface area contributed by atoms with E-state index in [1.807, 2.05) is 78.9 Å². The summed E-state index contributed by atoms with van der Waals surface area (Å²) >= 11 is 0. The Morgan fingerprint density at radius 3 is 2.36 bits per heavy atom. The van der Waals surface area contributed by atoms with Gasteiger partial charge in [-0.3, -0.25) is 0 Å². The Morgan fingerprint density at radius 1 is 0.893 bits per heavy atom. The second-order valence-corrected chi connectivity index (χ2v) is 6.50. The van der Waals surface area contributed by atoms with Crippen molar-refractivity contribution in [2.75, 3.05) is 7.11 Å². The highest BCUT2D eigenvalue weighted by Gasteiger charge is 2.19. The molecule has 4 rings (SSSR count). The molecule has 0 radical (unpaired) electrons. The Morgan fingerprint density at radius 2 is 1.61 bits per heavy atom. The molecule has 4 heteroatoms. The van der Waals surface area contributed by atoms with Crippen LogP contribution in [0.5, 0.6) is 5.75 Å². The highest BCUT2D eigenvalue weighted by Crippen LogP contribution is 2.37. The molecule has 1 aliphatic carbocycles. The summed E-state index contributed by atoms with van der Waals surface area (Å²) in [5.74, 6) is 0.801. The smallest absolute Gasteiger partial charge is 0.118 e. The van der Waals surface area contributed by atoms with Crippen molar-refractivity contribution in [3.8, 4) is 5.75 Å². The van der Waals surface area contributed by atoms with Gasteiger partial charge in [-0.15, -0.1) is 5.11 Å². The molecule has 0 spiro atoms. The fourth-order valence-corrected chi connectivity index (χ4v) is 3.25. The number of benzene rings is 3. The first kappa shape index (κ1) is 17.9. The van der Waals surface area contributed by atoms with Gasteiger partial charge < -0.3 is 10.5 Å². The molecule has 1 atom stereocenters. The summed E-state index contributed by atoms with van der Waals surface area (Å²) in [5, 5.41) is 9.10. The van der Waals surface area contributed by atoms with Crippen LogP contribution in [0.25, 0.3) is 11.3 Å². The number of methoxy groups -OCH3 is 1. The average molecular weight is 367 g/mol. The second kappa shape index (κ2) is 8.03. The summed E-state index contributed by atoms with van der Waals surface area (Å²) in [4.78, 5) is 0. The number of hydrogen-bond acceptors (Lipinski definition) is 4. The van der Waals surface area contributed by atoms with Crippen molar-refractivity contribution in [3.05, 3.63) is 108 Å². The standard InChI is InChI=1S/C24H21N3O/c1-28-19-13-11-17(12-14-19)24(27-26-18-7-3-2-4-8-18)22-15-16-23(25)21-10-6-5-9-20(21)22/h2-16,23H,25H2,1H3. The van der Waals surface area contributed by atoms with Gasteiger partial charge in [-0.05, 0) is 47.5 Å². The van der Waals surface area contributed by atoms with E-state index in [4.69, 9.17) is 10.5 Å². The Balaban J connectivity index is 1.88. The number of ether oxygens (including phenoxy) is 1. The predicted molar refractivity (Wildman–Crippen MR) is 113 cm³/mol. The molecule has 1 aliphatic rings. The molecule has 138 valence electrons. The first-order valence-electron chi connectivity index (χ1n) is 9.15. The number of azo groups is 1. The fraction of sp³-hybridized carbons (Fsp3) is 0.0833. The first-order chi connectivity index (χ1) is 13.8. The van der Waals surface area contributed by atoms with Crippen LogP contribution in [0.4, 0.5) is 5.69 Å². The van der Waals surface area contributed by atoms with E-state index >= 15 is 0 Å². The number of rotatable bonds is 4. The Hall–Kier alpha value is -3.50. The molecule has 1 unspecified atom stereocenters. The van der Waals surface area contributed by atoms with Crippen LogP contribution in [-0.4, -0.2) is 7.11 Å². The van der Waals surface area contributed by atoms with Crippen molar-refractivity contribution >= 4 is 17.0 Å². The molecule has 0 saturated heterocycles. The van der Waals surface area contributed by atoms with E-state index in [1.54, 1.807) is 7.11 Å². The summed E-state index contributed by atoms with van der Waals surface area (Å²) < 4.78 is 5.29. The molecule has 28 heavy (non-hydrogen) atoms. The largest absolute Gasteiger partial charge is 0.497 e. The summed E-state index contributed by atoms with van der Waals surface area (Å²) in [6.07, 6.45) is 4.04. The molecular weight excluding hydrogens is 346 g/mol. The van der Waals surface area contributed by atoms with E-state index in [0.29, 0.717) is 0 Å². The lowest BCUT2D eigenvalue weighted by molar-refractivity contribution is 0.415. The van der Waals surface area contributed by atoms with Crippen LogP contribution < -0.4 is 10.5 Å². The van der Waals surface area contributed by atoms with Gasteiger partial charge in [0.15, 0.2) is 0 Å². The molecular formula is C24H21N3O. The van der Waals surface area contributed by atoms with E-state index in [1.165, 1.54) is 0 Å². The third kappa shape index (κ3) is 3.63. The molecule has 3 aromatic rings. The van der Waals surface area contributed by atoms with Crippen molar-refractivity contribution in [2.45, 2.75) is 6.04 Å². The van der Waals surface area contributed by atoms with E-state index in [0.717, 1.165) is 39.4 Å². The first-order valence-corrected chi connectivity index (χ1v) is 9.15. The van der Waals surface area contributed by atoms with Crippen molar-refractivity contribution in [1.82, 2.24) is 0 Å². The molecule has 0 aromatic heterocycles. The molecule has 2 N–H and O–H groups in total. The zero-order valence-corrected chi connectivity index (χ0v) is 15.6. The van der Waals surface area contributed by atoms with Gasteiger partial charge in [0.25, 0.3) is 0 Å². The second-order valence-electron chi connectivity index (χ2n) is 6.50. The highest BCUT2D eigenvalue weighted by molar-refractivity contribution is 5.97. The lowest BCUT2D eigenvalue weighted by Gasteiger charge is -2.21. The topological polar surface area (TPSA) is 60.0 Å². The van der Waals surface area contributed by atoms with E-state index in [2.05, 4.69) is 22.4 Å². The summed E-state index contributed by atoms with van der Waals surface area (Å²) in [6, 6.07) is 25.6. The van der Waals surface area contributed by atoms with Gasteiger partial charge in [-0.1, -0.05) is 54.6 Å². The predicted octanol–water partition coefficient (Wildman–Crippen LogP) is 5.92. The van der Waals surface area contributed by atoms with Crippen LogP contribution in [0.15, 0.2) is 101 Å². The molecule has 0 aliphatic heterocycles. The van der Waals surface area contributed by atoms with Crippen molar-refractivity contribution < 1.29 is 4.74 Å². The maximum absolute atomic E-state index is 6.27. The average Bonchev–Trinajstić information content (AvgIpc) is 2.76. The maximum Gasteiger partial charge on any atom is 0.118 e. The van der Waals surface area contributed by atoms with Crippen LogP contribution in [0.1, 0.15) is 22.7 Å². The van der Waals surface area contributed by atoms with E-state index in [-0.39, 0.29) is 6.04 Å². The zero-order chi connectivity index (χ0) is 19.3. The van der Waals surface area contributed by atoms with Gasteiger partial charge >= 0.3 is 0 Å². The summed E-state index contributed by atoms with van der Waals surface area (Å²) in [5.41, 5.74) is 12.0. The lowest BCUT2D eigenvalue weighted by atomic mass is 9.87. The third-order valence-electron chi connectivity index (χ3n) is 4.72. The number of hydrogen-bond donors (Lipinski definition) is 1.